The average molecular weight is 399 g/mol. The number of carbonyl (C=O) groups is 1. The molecule has 1 unspecified atom stereocenters. The minimum atomic E-state index is -0.194. The molecule has 29 heavy (non-hydrogen) atoms. The normalized spacial score (nSPS) is 11.8. The third-order valence-corrected chi connectivity index (χ3v) is 5.89. The number of aromatic nitrogens is 1. The van der Waals surface area contributed by atoms with Crippen molar-refractivity contribution in [3.05, 3.63) is 96.6 Å². The first-order valence-corrected chi connectivity index (χ1v) is 10.6. The number of thiazole rings is 1. The highest BCUT2D eigenvalue weighted by atomic mass is 32.1. The molecular formula is C25H22N2OS. The van der Waals surface area contributed by atoms with Gasteiger partial charge in [0, 0.05) is 5.56 Å². The molecule has 0 saturated heterocycles. The second-order valence-corrected chi connectivity index (χ2v) is 7.79. The number of hydrogen-bond acceptors (Lipinski definition) is 3. The van der Waals surface area contributed by atoms with Gasteiger partial charge in [-0.3, -0.25) is 4.79 Å². The van der Waals surface area contributed by atoms with Crippen molar-refractivity contribution < 1.29 is 4.79 Å². The number of nitrogens with zero attached hydrogens (tertiary/aromatic N) is 1. The van der Waals surface area contributed by atoms with Crippen molar-refractivity contribution in [3.8, 4) is 21.7 Å². The van der Waals surface area contributed by atoms with Gasteiger partial charge >= 0.3 is 0 Å². The van der Waals surface area contributed by atoms with Crippen molar-refractivity contribution in [2.75, 3.05) is 5.32 Å². The monoisotopic (exact) mass is 398 g/mol. The fraction of sp³-hybridized carbons (Fsp3) is 0.120. The predicted octanol–water partition coefficient (Wildman–Crippen LogP) is 6.61. The van der Waals surface area contributed by atoms with E-state index in [4.69, 9.17) is 4.98 Å². The van der Waals surface area contributed by atoms with Gasteiger partial charge in [-0.25, -0.2) is 4.98 Å². The van der Waals surface area contributed by atoms with Crippen LogP contribution in [0.4, 0.5) is 5.13 Å². The maximum Gasteiger partial charge on any atom is 0.233 e. The number of anilines is 1. The fourth-order valence-electron chi connectivity index (χ4n) is 3.40. The Bertz CT molecular complexity index is 1020. The number of benzene rings is 3. The lowest BCUT2D eigenvalue weighted by molar-refractivity contribution is -0.117. The van der Waals surface area contributed by atoms with Crippen LogP contribution in [-0.2, 0) is 4.79 Å². The van der Waals surface area contributed by atoms with E-state index in [-0.39, 0.29) is 11.8 Å². The van der Waals surface area contributed by atoms with Crippen molar-refractivity contribution in [1.29, 1.82) is 0 Å². The SMILES string of the molecule is CCC(C(=O)Nc1nc(-c2ccccc2)c(-c2ccccc2)s1)c1ccccc1. The fourth-order valence-corrected chi connectivity index (χ4v) is 4.40. The van der Waals surface area contributed by atoms with Gasteiger partial charge in [-0.15, -0.1) is 0 Å². The number of amides is 1. The van der Waals surface area contributed by atoms with Gasteiger partial charge in [0.15, 0.2) is 5.13 Å². The molecule has 1 N–H and O–H groups in total. The molecule has 0 saturated carbocycles. The number of nitrogens with one attached hydrogen (secondary N) is 1. The molecular weight excluding hydrogens is 376 g/mol. The third kappa shape index (κ3) is 4.28. The first-order valence-electron chi connectivity index (χ1n) is 9.73. The Morgan fingerprint density at radius 1 is 0.862 bits per heavy atom. The van der Waals surface area contributed by atoms with Crippen LogP contribution in [0.1, 0.15) is 24.8 Å². The second-order valence-electron chi connectivity index (χ2n) is 6.79. The van der Waals surface area contributed by atoms with Gasteiger partial charge in [0.1, 0.15) is 0 Å². The van der Waals surface area contributed by atoms with Crippen LogP contribution >= 0.6 is 11.3 Å². The molecule has 0 aliphatic rings. The minimum absolute atomic E-state index is 0.0216. The maximum absolute atomic E-state index is 13.0. The van der Waals surface area contributed by atoms with E-state index in [1.165, 1.54) is 11.3 Å². The van der Waals surface area contributed by atoms with E-state index in [0.717, 1.165) is 33.7 Å². The number of rotatable bonds is 6. The van der Waals surface area contributed by atoms with E-state index < -0.39 is 0 Å². The van der Waals surface area contributed by atoms with Gasteiger partial charge < -0.3 is 5.32 Å². The van der Waals surface area contributed by atoms with Crippen LogP contribution in [0.3, 0.4) is 0 Å². The van der Waals surface area contributed by atoms with Crippen molar-refractivity contribution in [1.82, 2.24) is 4.98 Å². The van der Waals surface area contributed by atoms with Gasteiger partial charge in [-0.2, -0.15) is 0 Å². The lowest BCUT2D eigenvalue weighted by atomic mass is 9.96. The van der Waals surface area contributed by atoms with Crippen LogP contribution < -0.4 is 5.32 Å². The molecule has 3 nitrogen and oxygen atoms in total. The Balaban J connectivity index is 1.68. The molecule has 1 aromatic heterocycles. The summed E-state index contributed by atoms with van der Waals surface area (Å²) in [7, 11) is 0. The smallest absolute Gasteiger partial charge is 0.233 e. The van der Waals surface area contributed by atoms with Gasteiger partial charge in [0.2, 0.25) is 5.91 Å². The summed E-state index contributed by atoms with van der Waals surface area (Å²) < 4.78 is 0. The average Bonchev–Trinajstić information content (AvgIpc) is 3.20. The van der Waals surface area contributed by atoms with Crippen molar-refractivity contribution in [2.45, 2.75) is 19.3 Å². The summed E-state index contributed by atoms with van der Waals surface area (Å²) in [5.41, 5.74) is 4.05. The Morgan fingerprint density at radius 3 is 2.00 bits per heavy atom. The number of carbonyl (C=O) groups excluding carboxylic acids is 1. The molecule has 0 bridgehead atoms. The van der Waals surface area contributed by atoms with Crippen LogP contribution in [0.5, 0.6) is 0 Å². The topological polar surface area (TPSA) is 42.0 Å². The summed E-state index contributed by atoms with van der Waals surface area (Å²) in [6.07, 6.45) is 0.734. The Hall–Kier alpha value is -3.24. The molecule has 0 spiro atoms. The first kappa shape index (κ1) is 19.1. The maximum atomic E-state index is 13.0. The summed E-state index contributed by atoms with van der Waals surface area (Å²) in [5.74, 6) is -0.216. The molecule has 144 valence electrons. The molecule has 0 radical (unpaired) electrons. The highest BCUT2D eigenvalue weighted by Crippen LogP contribution is 2.39. The van der Waals surface area contributed by atoms with Gasteiger partial charge in [-0.1, -0.05) is 109 Å². The Labute approximate surface area is 175 Å². The van der Waals surface area contributed by atoms with E-state index in [1.807, 2.05) is 85.8 Å². The molecule has 4 heteroatoms. The molecule has 1 amide bonds. The molecule has 1 atom stereocenters. The van der Waals surface area contributed by atoms with Crippen LogP contribution in [0.2, 0.25) is 0 Å². The molecule has 3 aromatic carbocycles. The van der Waals surface area contributed by atoms with E-state index >= 15 is 0 Å². The molecule has 0 fully saturated rings. The first-order chi connectivity index (χ1) is 14.3. The summed E-state index contributed by atoms with van der Waals surface area (Å²) >= 11 is 1.52. The predicted molar refractivity (Wildman–Crippen MR) is 121 cm³/mol. The van der Waals surface area contributed by atoms with Crippen LogP contribution in [0, 0.1) is 0 Å². The van der Waals surface area contributed by atoms with Gasteiger partial charge in [-0.05, 0) is 17.5 Å². The van der Waals surface area contributed by atoms with Crippen LogP contribution in [-0.4, -0.2) is 10.9 Å². The molecule has 4 aromatic rings. The summed E-state index contributed by atoms with van der Waals surface area (Å²) in [6, 6.07) is 30.2. The Morgan fingerprint density at radius 2 is 1.41 bits per heavy atom. The zero-order valence-corrected chi connectivity index (χ0v) is 17.0. The molecule has 0 aliphatic carbocycles. The quantitative estimate of drug-likeness (QED) is 0.397. The van der Waals surface area contributed by atoms with E-state index in [9.17, 15) is 4.79 Å². The van der Waals surface area contributed by atoms with E-state index in [0.29, 0.717) is 5.13 Å². The largest absolute Gasteiger partial charge is 0.301 e. The van der Waals surface area contributed by atoms with E-state index in [1.54, 1.807) is 0 Å². The lowest BCUT2D eigenvalue weighted by Gasteiger charge is -2.14. The Kier molecular flexibility index (Phi) is 5.82. The molecule has 0 aliphatic heterocycles. The summed E-state index contributed by atoms with van der Waals surface area (Å²) in [5, 5.41) is 3.69. The zero-order valence-electron chi connectivity index (χ0n) is 16.2. The van der Waals surface area contributed by atoms with Crippen molar-refractivity contribution in [2.24, 2.45) is 0 Å². The minimum Gasteiger partial charge on any atom is -0.301 e. The van der Waals surface area contributed by atoms with Crippen LogP contribution in [0.25, 0.3) is 21.7 Å². The third-order valence-electron chi connectivity index (χ3n) is 4.87. The van der Waals surface area contributed by atoms with Crippen LogP contribution in [0.15, 0.2) is 91.0 Å². The summed E-state index contributed by atoms with van der Waals surface area (Å²) in [6.45, 7) is 2.03. The zero-order chi connectivity index (χ0) is 20.1. The molecule has 1 heterocycles. The van der Waals surface area contributed by atoms with Crippen molar-refractivity contribution >= 4 is 22.4 Å². The number of hydrogen-bond donors (Lipinski definition) is 1. The second kappa shape index (κ2) is 8.84. The highest BCUT2D eigenvalue weighted by Gasteiger charge is 2.21. The summed E-state index contributed by atoms with van der Waals surface area (Å²) in [4.78, 5) is 18.8. The van der Waals surface area contributed by atoms with Gasteiger partial charge in [0.25, 0.3) is 0 Å². The highest BCUT2D eigenvalue weighted by molar-refractivity contribution is 7.19. The van der Waals surface area contributed by atoms with Crippen molar-refractivity contribution in [3.63, 3.8) is 0 Å². The lowest BCUT2D eigenvalue weighted by Crippen LogP contribution is -2.20. The standard InChI is InChI=1S/C25H22N2OS/c1-2-21(18-12-6-3-7-13-18)24(28)27-25-26-22(19-14-8-4-9-15-19)23(29-25)20-16-10-5-11-17-20/h3-17,21H,2H2,1H3,(H,26,27,28). The molecule has 4 rings (SSSR count). The van der Waals surface area contributed by atoms with E-state index in [2.05, 4.69) is 17.4 Å². The van der Waals surface area contributed by atoms with Gasteiger partial charge in [0.05, 0.1) is 16.5 Å².